The lowest BCUT2D eigenvalue weighted by atomic mass is 9.96. The summed E-state index contributed by atoms with van der Waals surface area (Å²) in [5, 5.41) is 4.17. The summed E-state index contributed by atoms with van der Waals surface area (Å²) in [6.45, 7) is 3.28. The zero-order valence-corrected chi connectivity index (χ0v) is 19.2. The first-order valence-corrected chi connectivity index (χ1v) is 11.1. The fraction of sp³-hybridized carbons (Fsp3) is 0.500. The van der Waals surface area contributed by atoms with E-state index in [4.69, 9.17) is 21.1 Å². The van der Waals surface area contributed by atoms with Gasteiger partial charge in [0.2, 0.25) is 0 Å². The van der Waals surface area contributed by atoms with E-state index in [2.05, 4.69) is 5.32 Å². The lowest BCUT2D eigenvalue weighted by Crippen LogP contribution is -2.29. The Labute approximate surface area is 190 Å². The smallest absolute Gasteiger partial charge is 0.180 e. The maximum absolute atomic E-state index is 13.9. The number of halogens is 3. The van der Waals surface area contributed by atoms with E-state index >= 15 is 0 Å². The number of rotatable bonds is 8. The van der Waals surface area contributed by atoms with Crippen LogP contribution in [0.1, 0.15) is 63.0 Å². The summed E-state index contributed by atoms with van der Waals surface area (Å²) in [5.41, 5.74) is 1.56. The molecule has 3 rings (SSSR count). The molecule has 0 bridgehead atoms. The van der Waals surface area contributed by atoms with Gasteiger partial charge in [0, 0.05) is 18.2 Å². The summed E-state index contributed by atoms with van der Waals surface area (Å²) < 4.78 is 25.5. The maximum atomic E-state index is 13.9. The monoisotopic (exact) mass is 455 g/mol. The molecule has 0 spiro atoms. The number of benzene rings is 2. The van der Waals surface area contributed by atoms with Crippen LogP contribution in [0.3, 0.4) is 0 Å². The van der Waals surface area contributed by atoms with Crippen LogP contribution < -0.4 is 14.8 Å². The van der Waals surface area contributed by atoms with Crippen molar-refractivity contribution in [3.8, 4) is 11.5 Å². The van der Waals surface area contributed by atoms with E-state index in [-0.39, 0.29) is 24.8 Å². The van der Waals surface area contributed by atoms with Gasteiger partial charge in [0.05, 0.1) is 11.6 Å². The van der Waals surface area contributed by atoms with Crippen LogP contribution in [-0.4, -0.2) is 12.6 Å². The molecule has 0 saturated heterocycles. The van der Waals surface area contributed by atoms with Crippen molar-refractivity contribution in [1.82, 2.24) is 5.32 Å². The molecule has 0 heterocycles. The Morgan fingerprint density at radius 1 is 1.03 bits per heavy atom. The zero-order chi connectivity index (χ0) is 20.5. The molecule has 1 N–H and O–H groups in total. The number of ether oxygens (including phenoxy) is 2. The Kier molecular flexibility index (Phi) is 10.8. The van der Waals surface area contributed by atoms with Gasteiger partial charge in [0.15, 0.2) is 11.5 Å². The molecule has 0 atom stereocenters. The molecule has 0 aromatic heterocycles. The number of hydrogen-bond donors (Lipinski definition) is 1. The second-order valence-corrected chi connectivity index (χ2v) is 8.05. The Balaban J connectivity index is 0.00000320. The van der Waals surface area contributed by atoms with Gasteiger partial charge in [-0.1, -0.05) is 61.9 Å². The lowest BCUT2D eigenvalue weighted by molar-refractivity contribution is 0.265. The van der Waals surface area contributed by atoms with E-state index in [1.165, 1.54) is 51.0 Å². The topological polar surface area (TPSA) is 30.5 Å². The van der Waals surface area contributed by atoms with Crippen molar-refractivity contribution in [2.75, 3.05) is 6.61 Å². The summed E-state index contributed by atoms with van der Waals surface area (Å²) in [6, 6.07) is 11.0. The highest BCUT2D eigenvalue weighted by Crippen LogP contribution is 2.37. The van der Waals surface area contributed by atoms with E-state index in [0.717, 1.165) is 12.1 Å². The first-order valence-electron chi connectivity index (χ1n) is 10.7. The molecule has 1 fully saturated rings. The molecule has 1 saturated carbocycles. The van der Waals surface area contributed by atoms with Crippen LogP contribution in [0.2, 0.25) is 5.02 Å². The minimum atomic E-state index is -0.290. The molecule has 0 aliphatic heterocycles. The normalized spacial score (nSPS) is 15.0. The predicted octanol–water partition coefficient (Wildman–Crippen LogP) is 7.08. The largest absolute Gasteiger partial charge is 0.490 e. The number of hydrogen-bond acceptors (Lipinski definition) is 3. The summed E-state index contributed by atoms with van der Waals surface area (Å²) in [7, 11) is 0. The molecule has 166 valence electrons. The van der Waals surface area contributed by atoms with Gasteiger partial charge >= 0.3 is 0 Å². The van der Waals surface area contributed by atoms with Gasteiger partial charge in [0.25, 0.3) is 0 Å². The minimum Gasteiger partial charge on any atom is -0.490 e. The van der Waals surface area contributed by atoms with Gasteiger partial charge in [-0.15, -0.1) is 12.4 Å². The first-order chi connectivity index (χ1) is 14.2. The molecule has 0 unspecified atom stereocenters. The fourth-order valence-corrected chi connectivity index (χ4v) is 4.10. The average molecular weight is 456 g/mol. The predicted molar refractivity (Wildman–Crippen MR) is 124 cm³/mol. The molecule has 2 aromatic rings. The Morgan fingerprint density at radius 2 is 1.73 bits per heavy atom. The third-order valence-electron chi connectivity index (χ3n) is 5.40. The maximum Gasteiger partial charge on any atom is 0.180 e. The third kappa shape index (κ3) is 7.33. The molecule has 30 heavy (non-hydrogen) atoms. The molecule has 6 heteroatoms. The second-order valence-electron chi connectivity index (χ2n) is 7.64. The van der Waals surface area contributed by atoms with Crippen molar-refractivity contribution >= 4 is 24.0 Å². The lowest BCUT2D eigenvalue weighted by Gasteiger charge is -2.22. The van der Waals surface area contributed by atoms with Crippen LogP contribution in [0.25, 0.3) is 0 Å². The highest BCUT2D eigenvalue weighted by molar-refractivity contribution is 6.32. The summed E-state index contributed by atoms with van der Waals surface area (Å²) >= 11 is 6.52. The van der Waals surface area contributed by atoms with Crippen molar-refractivity contribution in [2.24, 2.45) is 0 Å². The summed E-state index contributed by atoms with van der Waals surface area (Å²) in [4.78, 5) is 0. The van der Waals surface area contributed by atoms with Crippen LogP contribution in [0.4, 0.5) is 4.39 Å². The minimum absolute atomic E-state index is 0. The summed E-state index contributed by atoms with van der Waals surface area (Å²) in [6.07, 6.45) is 9.11. The second kappa shape index (κ2) is 13.0. The molecule has 1 aliphatic carbocycles. The standard InChI is InChI=1S/C24H31ClFNO2.ClH/c1-2-28-23-15-18(16-27-20-11-6-4-3-5-7-12-20)14-21(25)24(23)29-17-19-10-8-9-13-22(19)26;/h8-10,13-15,20,27H,2-7,11-12,16-17H2,1H3;1H. The van der Waals surface area contributed by atoms with Crippen LogP contribution in [0.15, 0.2) is 36.4 Å². The van der Waals surface area contributed by atoms with Crippen LogP contribution in [0.5, 0.6) is 11.5 Å². The Hall–Kier alpha value is -1.49. The van der Waals surface area contributed by atoms with Crippen LogP contribution >= 0.6 is 24.0 Å². The molecule has 1 aliphatic rings. The third-order valence-corrected chi connectivity index (χ3v) is 5.68. The highest BCUT2D eigenvalue weighted by Gasteiger charge is 2.15. The van der Waals surface area contributed by atoms with Gasteiger partial charge in [0.1, 0.15) is 12.4 Å². The molecular weight excluding hydrogens is 424 g/mol. The van der Waals surface area contributed by atoms with Gasteiger partial charge in [-0.25, -0.2) is 4.39 Å². The van der Waals surface area contributed by atoms with Crippen molar-refractivity contribution in [1.29, 1.82) is 0 Å². The highest BCUT2D eigenvalue weighted by atomic mass is 35.5. The quantitative estimate of drug-likeness (QED) is 0.460. The molecule has 0 amide bonds. The molecule has 0 radical (unpaired) electrons. The van der Waals surface area contributed by atoms with Crippen molar-refractivity contribution in [3.63, 3.8) is 0 Å². The average Bonchev–Trinajstić information content (AvgIpc) is 2.68. The van der Waals surface area contributed by atoms with E-state index < -0.39 is 0 Å². The molecule has 3 nitrogen and oxygen atoms in total. The first kappa shape index (κ1) is 24.8. The van der Waals surface area contributed by atoms with Crippen LogP contribution in [-0.2, 0) is 13.2 Å². The van der Waals surface area contributed by atoms with E-state index in [1.807, 2.05) is 19.1 Å². The van der Waals surface area contributed by atoms with Crippen molar-refractivity contribution < 1.29 is 13.9 Å². The Morgan fingerprint density at radius 3 is 2.43 bits per heavy atom. The van der Waals surface area contributed by atoms with Gasteiger partial charge in [-0.2, -0.15) is 0 Å². The van der Waals surface area contributed by atoms with E-state index in [9.17, 15) is 4.39 Å². The van der Waals surface area contributed by atoms with Gasteiger partial charge in [-0.3, -0.25) is 0 Å². The molecule has 2 aromatic carbocycles. The van der Waals surface area contributed by atoms with Crippen molar-refractivity contribution in [2.45, 2.75) is 71.1 Å². The Bertz CT molecular complexity index is 780. The van der Waals surface area contributed by atoms with Gasteiger partial charge in [-0.05, 0) is 43.5 Å². The van der Waals surface area contributed by atoms with E-state index in [1.54, 1.807) is 18.2 Å². The van der Waals surface area contributed by atoms with Crippen LogP contribution in [0, 0.1) is 5.82 Å². The van der Waals surface area contributed by atoms with Crippen molar-refractivity contribution in [3.05, 3.63) is 58.4 Å². The zero-order valence-electron chi connectivity index (χ0n) is 17.6. The SMILES string of the molecule is CCOc1cc(CNC2CCCCCCC2)cc(Cl)c1OCc1ccccc1F.Cl. The summed E-state index contributed by atoms with van der Waals surface area (Å²) in [5.74, 6) is 0.777. The fourth-order valence-electron chi connectivity index (χ4n) is 3.81. The number of nitrogens with one attached hydrogen (secondary N) is 1. The molecular formula is C24H32Cl2FNO2. The van der Waals surface area contributed by atoms with Gasteiger partial charge < -0.3 is 14.8 Å². The van der Waals surface area contributed by atoms with E-state index in [0.29, 0.717) is 34.7 Å².